The maximum atomic E-state index is 12.6. The predicted octanol–water partition coefficient (Wildman–Crippen LogP) is 4.13. The van der Waals surface area contributed by atoms with Crippen molar-refractivity contribution in [2.45, 2.75) is 26.3 Å². The van der Waals surface area contributed by atoms with Crippen LogP contribution in [0.25, 0.3) is 11.3 Å². The lowest BCUT2D eigenvalue weighted by molar-refractivity contribution is 0.0953. The normalized spacial score (nSPS) is 10.6. The first-order valence-corrected chi connectivity index (χ1v) is 8.73. The molecule has 0 fully saturated rings. The number of carbonyl (C=O) groups excluding carboxylic acids is 1. The zero-order valence-electron chi connectivity index (χ0n) is 14.5. The van der Waals surface area contributed by atoms with Crippen molar-refractivity contribution in [3.63, 3.8) is 0 Å². The first-order chi connectivity index (χ1) is 12.3. The van der Waals surface area contributed by atoms with E-state index in [1.54, 1.807) is 0 Å². The Labute approximate surface area is 148 Å². The average Bonchev–Trinajstić information content (AvgIpc) is 3.07. The standard InChI is InChI=1S/C21H23N3O/c1-2-3-14-22-21(25)19-16-24(15-17-10-6-4-7-11-17)23-20(19)18-12-8-5-9-13-18/h4-13,16H,2-3,14-15H2,1H3,(H,22,25). The smallest absolute Gasteiger partial charge is 0.255 e. The van der Waals surface area contributed by atoms with Gasteiger partial charge in [0.15, 0.2) is 0 Å². The van der Waals surface area contributed by atoms with E-state index in [-0.39, 0.29) is 5.91 Å². The van der Waals surface area contributed by atoms with E-state index >= 15 is 0 Å². The van der Waals surface area contributed by atoms with Crippen LogP contribution < -0.4 is 5.32 Å². The summed E-state index contributed by atoms with van der Waals surface area (Å²) in [6.07, 6.45) is 3.88. The topological polar surface area (TPSA) is 46.9 Å². The number of carbonyl (C=O) groups is 1. The SMILES string of the molecule is CCCCNC(=O)c1cn(Cc2ccccc2)nc1-c1ccccc1. The summed E-state index contributed by atoms with van der Waals surface area (Å²) in [4.78, 5) is 12.6. The molecule has 0 aliphatic rings. The summed E-state index contributed by atoms with van der Waals surface area (Å²) in [5.41, 5.74) is 3.46. The highest BCUT2D eigenvalue weighted by Gasteiger charge is 2.17. The molecule has 0 atom stereocenters. The highest BCUT2D eigenvalue weighted by atomic mass is 16.1. The Morgan fingerprint density at radius 2 is 1.72 bits per heavy atom. The number of nitrogens with one attached hydrogen (secondary N) is 1. The molecule has 1 amide bonds. The fraction of sp³-hybridized carbons (Fsp3) is 0.238. The Morgan fingerprint density at radius 1 is 1.04 bits per heavy atom. The van der Waals surface area contributed by atoms with Crippen LogP contribution in [0, 0.1) is 0 Å². The second-order valence-electron chi connectivity index (χ2n) is 6.05. The number of benzene rings is 2. The Morgan fingerprint density at radius 3 is 2.40 bits per heavy atom. The van der Waals surface area contributed by atoms with E-state index in [9.17, 15) is 4.79 Å². The lowest BCUT2D eigenvalue weighted by Crippen LogP contribution is -2.24. The first kappa shape index (κ1) is 17.0. The highest BCUT2D eigenvalue weighted by Crippen LogP contribution is 2.22. The van der Waals surface area contributed by atoms with E-state index in [4.69, 9.17) is 0 Å². The van der Waals surface area contributed by atoms with Gasteiger partial charge in [-0.05, 0) is 12.0 Å². The third-order valence-corrected chi connectivity index (χ3v) is 4.06. The predicted molar refractivity (Wildman–Crippen MR) is 100 cm³/mol. The number of unbranched alkanes of at least 4 members (excludes halogenated alkanes) is 1. The second kappa shape index (κ2) is 8.29. The molecule has 0 saturated heterocycles. The molecule has 3 rings (SSSR count). The molecular formula is C21H23N3O. The minimum absolute atomic E-state index is 0.0633. The number of rotatable bonds is 7. The van der Waals surface area contributed by atoms with Crippen LogP contribution in [0.15, 0.2) is 66.9 Å². The highest BCUT2D eigenvalue weighted by molar-refractivity contribution is 5.99. The van der Waals surface area contributed by atoms with Crippen molar-refractivity contribution in [1.82, 2.24) is 15.1 Å². The molecular weight excluding hydrogens is 310 g/mol. The number of hydrogen-bond donors (Lipinski definition) is 1. The summed E-state index contributed by atoms with van der Waals surface area (Å²) in [5.74, 6) is -0.0633. The summed E-state index contributed by atoms with van der Waals surface area (Å²) in [6, 6.07) is 20.0. The molecule has 1 aromatic heterocycles. The molecule has 0 aliphatic heterocycles. The maximum Gasteiger partial charge on any atom is 0.255 e. The van der Waals surface area contributed by atoms with E-state index in [1.165, 1.54) is 0 Å². The van der Waals surface area contributed by atoms with E-state index in [2.05, 4.69) is 29.5 Å². The van der Waals surface area contributed by atoms with Crippen molar-refractivity contribution in [2.75, 3.05) is 6.54 Å². The van der Waals surface area contributed by atoms with Crippen LogP contribution in [0.2, 0.25) is 0 Å². The molecule has 2 aromatic carbocycles. The second-order valence-corrected chi connectivity index (χ2v) is 6.05. The summed E-state index contributed by atoms with van der Waals surface area (Å²) >= 11 is 0. The van der Waals surface area contributed by atoms with Crippen molar-refractivity contribution >= 4 is 5.91 Å². The lowest BCUT2D eigenvalue weighted by atomic mass is 10.1. The van der Waals surface area contributed by atoms with E-state index in [1.807, 2.05) is 59.4 Å². The molecule has 4 nitrogen and oxygen atoms in total. The maximum absolute atomic E-state index is 12.6. The fourth-order valence-corrected chi connectivity index (χ4v) is 2.72. The molecule has 1 N–H and O–H groups in total. The molecule has 0 saturated carbocycles. The van der Waals surface area contributed by atoms with Crippen molar-refractivity contribution in [3.8, 4) is 11.3 Å². The Kier molecular flexibility index (Phi) is 5.62. The molecule has 0 bridgehead atoms. The molecule has 4 heteroatoms. The van der Waals surface area contributed by atoms with Crippen LogP contribution in [0.1, 0.15) is 35.7 Å². The lowest BCUT2D eigenvalue weighted by Gasteiger charge is -2.04. The number of amides is 1. The Balaban J connectivity index is 1.90. The van der Waals surface area contributed by atoms with Crippen molar-refractivity contribution in [2.24, 2.45) is 0 Å². The summed E-state index contributed by atoms with van der Waals surface area (Å²) in [5, 5.41) is 7.68. The Bertz CT molecular complexity index is 810. The van der Waals surface area contributed by atoms with Crippen LogP contribution in [-0.2, 0) is 6.54 Å². The van der Waals surface area contributed by atoms with Crippen LogP contribution >= 0.6 is 0 Å². The zero-order chi connectivity index (χ0) is 17.5. The zero-order valence-corrected chi connectivity index (χ0v) is 14.5. The van der Waals surface area contributed by atoms with Gasteiger partial charge in [0.1, 0.15) is 5.69 Å². The van der Waals surface area contributed by atoms with Crippen molar-refractivity contribution in [1.29, 1.82) is 0 Å². The quantitative estimate of drug-likeness (QED) is 0.661. The van der Waals surface area contributed by atoms with Gasteiger partial charge in [-0.3, -0.25) is 9.48 Å². The van der Waals surface area contributed by atoms with Gasteiger partial charge in [-0.25, -0.2) is 0 Å². The largest absolute Gasteiger partial charge is 0.352 e. The summed E-state index contributed by atoms with van der Waals surface area (Å²) in [6.45, 7) is 3.44. The summed E-state index contributed by atoms with van der Waals surface area (Å²) < 4.78 is 1.84. The van der Waals surface area contributed by atoms with Gasteiger partial charge >= 0.3 is 0 Å². The number of aromatic nitrogens is 2. The number of hydrogen-bond acceptors (Lipinski definition) is 2. The van der Waals surface area contributed by atoms with Gasteiger partial charge in [-0.2, -0.15) is 5.10 Å². The Hall–Kier alpha value is -2.88. The molecule has 25 heavy (non-hydrogen) atoms. The van der Waals surface area contributed by atoms with Crippen LogP contribution in [0.4, 0.5) is 0 Å². The van der Waals surface area contributed by atoms with Gasteiger partial charge in [-0.1, -0.05) is 74.0 Å². The average molecular weight is 333 g/mol. The number of nitrogens with zero attached hydrogens (tertiary/aromatic N) is 2. The molecule has 3 aromatic rings. The summed E-state index contributed by atoms with van der Waals surface area (Å²) in [7, 11) is 0. The van der Waals surface area contributed by atoms with Gasteiger partial charge in [0.25, 0.3) is 5.91 Å². The molecule has 1 heterocycles. The van der Waals surface area contributed by atoms with Gasteiger partial charge in [-0.15, -0.1) is 0 Å². The first-order valence-electron chi connectivity index (χ1n) is 8.73. The monoisotopic (exact) mass is 333 g/mol. The van der Waals surface area contributed by atoms with Crippen molar-refractivity contribution in [3.05, 3.63) is 78.0 Å². The van der Waals surface area contributed by atoms with Crippen LogP contribution in [0.5, 0.6) is 0 Å². The van der Waals surface area contributed by atoms with E-state index < -0.39 is 0 Å². The van der Waals surface area contributed by atoms with Crippen LogP contribution in [-0.4, -0.2) is 22.2 Å². The van der Waals surface area contributed by atoms with Crippen LogP contribution in [0.3, 0.4) is 0 Å². The van der Waals surface area contributed by atoms with Gasteiger partial charge in [0.05, 0.1) is 12.1 Å². The van der Waals surface area contributed by atoms with Gasteiger partial charge in [0, 0.05) is 18.3 Å². The molecule has 0 radical (unpaired) electrons. The minimum atomic E-state index is -0.0633. The van der Waals surface area contributed by atoms with Gasteiger partial charge < -0.3 is 5.32 Å². The molecule has 128 valence electrons. The third kappa shape index (κ3) is 4.35. The van der Waals surface area contributed by atoms with E-state index in [0.717, 1.165) is 29.7 Å². The van der Waals surface area contributed by atoms with E-state index in [0.29, 0.717) is 18.7 Å². The van der Waals surface area contributed by atoms with Gasteiger partial charge in [0.2, 0.25) is 0 Å². The fourth-order valence-electron chi connectivity index (χ4n) is 2.72. The minimum Gasteiger partial charge on any atom is -0.352 e. The molecule has 0 unspecified atom stereocenters. The molecule has 0 aliphatic carbocycles. The molecule has 0 spiro atoms. The third-order valence-electron chi connectivity index (χ3n) is 4.06. The van der Waals surface area contributed by atoms with Crippen molar-refractivity contribution < 1.29 is 4.79 Å².